The minimum atomic E-state index is 0.498. The van der Waals surface area contributed by atoms with Gasteiger partial charge < -0.3 is 5.73 Å². The molecule has 0 aromatic carbocycles. The lowest BCUT2D eigenvalue weighted by atomic mass is 10.5. The van der Waals surface area contributed by atoms with Gasteiger partial charge in [-0.25, -0.2) is 15.0 Å². The van der Waals surface area contributed by atoms with Crippen LogP contribution in [0.15, 0.2) is 20.8 Å². The van der Waals surface area contributed by atoms with Gasteiger partial charge in [-0.3, -0.25) is 0 Å². The Bertz CT molecular complexity index is 460. The summed E-state index contributed by atoms with van der Waals surface area (Å²) in [6, 6.07) is 1.76. The molecule has 2 aromatic heterocycles. The Kier molecular flexibility index (Phi) is 2.88. The van der Waals surface area contributed by atoms with Crippen LogP contribution in [0.5, 0.6) is 0 Å². The fourth-order valence-corrected chi connectivity index (χ4v) is 2.92. The van der Waals surface area contributed by atoms with Gasteiger partial charge in [-0.15, -0.1) is 11.3 Å². The first-order chi connectivity index (χ1) is 7.13. The molecule has 6 heteroatoms. The van der Waals surface area contributed by atoms with Crippen LogP contribution >= 0.6 is 23.1 Å². The minimum Gasteiger partial charge on any atom is -0.384 e. The molecule has 0 aliphatic rings. The summed E-state index contributed by atoms with van der Waals surface area (Å²) in [5, 5.41) is 2.86. The van der Waals surface area contributed by atoms with Gasteiger partial charge in [0.25, 0.3) is 0 Å². The first-order valence-electron chi connectivity index (χ1n) is 4.34. The molecular formula is C9H10N4S2. The SMILES string of the molecule is Cc1csc(Sc2cc(N)nc(C)n2)n1. The quantitative estimate of drug-likeness (QED) is 0.813. The van der Waals surface area contributed by atoms with E-state index in [9.17, 15) is 0 Å². The van der Waals surface area contributed by atoms with E-state index in [-0.39, 0.29) is 0 Å². The minimum absolute atomic E-state index is 0.498. The molecule has 0 saturated carbocycles. The lowest BCUT2D eigenvalue weighted by Gasteiger charge is -1.99. The van der Waals surface area contributed by atoms with E-state index in [4.69, 9.17) is 5.73 Å². The number of nitrogens with two attached hydrogens (primary N) is 1. The van der Waals surface area contributed by atoms with Crippen molar-refractivity contribution in [1.82, 2.24) is 15.0 Å². The molecule has 4 nitrogen and oxygen atoms in total. The lowest BCUT2D eigenvalue weighted by Crippen LogP contribution is -1.96. The Balaban J connectivity index is 2.24. The van der Waals surface area contributed by atoms with Crippen LogP contribution < -0.4 is 5.73 Å². The molecule has 2 heterocycles. The summed E-state index contributed by atoms with van der Waals surface area (Å²) >= 11 is 3.12. The second kappa shape index (κ2) is 4.16. The van der Waals surface area contributed by atoms with E-state index in [1.807, 2.05) is 19.2 Å². The molecule has 0 unspecified atom stereocenters. The average molecular weight is 238 g/mol. The highest BCUT2D eigenvalue weighted by Crippen LogP contribution is 2.29. The maximum Gasteiger partial charge on any atom is 0.156 e. The summed E-state index contributed by atoms with van der Waals surface area (Å²) < 4.78 is 0.977. The predicted molar refractivity (Wildman–Crippen MR) is 62.2 cm³/mol. The van der Waals surface area contributed by atoms with Crippen molar-refractivity contribution in [3.05, 3.63) is 23.0 Å². The molecule has 0 bridgehead atoms. The molecule has 0 amide bonds. The number of hydrogen-bond acceptors (Lipinski definition) is 6. The van der Waals surface area contributed by atoms with Crippen molar-refractivity contribution in [2.45, 2.75) is 23.2 Å². The van der Waals surface area contributed by atoms with Crippen molar-refractivity contribution in [3.63, 3.8) is 0 Å². The molecule has 15 heavy (non-hydrogen) atoms. The maximum absolute atomic E-state index is 5.64. The monoisotopic (exact) mass is 238 g/mol. The number of hydrogen-bond donors (Lipinski definition) is 1. The Hall–Kier alpha value is -1.14. The van der Waals surface area contributed by atoms with Gasteiger partial charge in [-0.05, 0) is 25.6 Å². The van der Waals surface area contributed by atoms with E-state index in [0.29, 0.717) is 11.6 Å². The van der Waals surface area contributed by atoms with E-state index in [1.165, 1.54) is 11.8 Å². The van der Waals surface area contributed by atoms with Gasteiger partial charge in [0.2, 0.25) is 0 Å². The average Bonchev–Trinajstić information content (AvgIpc) is 2.49. The Morgan fingerprint density at radius 2 is 2.07 bits per heavy atom. The summed E-state index contributed by atoms with van der Waals surface area (Å²) in [6.45, 7) is 3.80. The zero-order chi connectivity index (χ0) is 10.8. The van der Waals surface area contributed by atoms with Gasteiger partial charge in [0.15, 0.2) is 4.34 Å². The first kappa shape index (κ1) is 10.4. The maximum atomic E-state index is 5.64. The van der Waals surface area contributed by atoms with Gasteiger partial charge in [0.05, 0.1) is 0 Å². The highest BCUT2D eigenvalue weighted by molar-refractivity contribution is 8.01. The third-order valence-corrected chi connectivity index (χ3v) is 3.60. The molecule has 0 fully saturated rings. The number of aryl methyl sites for hydroxylation is 2. The molecule has 0 aliphatic heterocycles. The molecule has 0 saturated heterocycles. The number of nitrogens with zero attached hydrogens (tertiary/aromatic N) is 3. The molecule has 2 N–H and O–H groups in total. The third kappa shape index (κ3) is 2.66. The van der Waals surface area contributed by atoms with Gasteiger partial charge >= 0.3 is 0 Å². The Morgan fingerprint density at radius 3 is 2.67 bits per heavy atom. The number of rotatable bonds is 2. The summed E-state index contributed by atoms with van der Waals surface area (Å²) in [4.78, 5) is 12.6. The normalized spacial score (nSPS) is 10.5. The van der Waals surface area contributed by atoms with Crippen molar-refractivity contribution in [3.8, 4) is 0 Å². The van der Waals surface area contributed by atoms with Crippen LogP contribution in [0.25, 0.3) is 0 Å². The highest BCUT2D eigenvalue weighted by atomic mass is 32.2. The number of thiazole rings is 1. The van der Waals surface area contributed by atoms with Crippen LogP contribution in [-0.4, -0.2) is 15.0 Å². The van der Waals surface area contributed by atoms with Crippen molar-refractivity contribution < 1.29 is 0 Å². The summed E-state index contributed by atoms with van der Waals surface area (Å²) in [6.07, 6.45) is 0. The van der Waals surface area contributed by atoms with Crippen LogP contribution in [0.2, 0.25) is 0 Å². The topological polar surface area (TPSA) is 64.7 Å². The van der Waals surface area contributed by atoms with Gasteiger partial charge in [0.1, 0.15) is 16.7 Å². The summed E-state index contributed by atoms with van der Waals surface area (Å²) in [5.41, 5.74) is 6.67. The number of aromatic nitrogens is 3. The van der Waals surface area contributed by atoms with E-state index in [1.54, 1.807) is 17.4 Å². The van der Waals surface area contributed by atoms with Crippen LogP contribution in [0.3, 0.4) is 0 Å². The number of nitrogen functional groups attached to an aromatic ring is 1. The van der Waals surface area contributed by atoms with Crippen molar-refractivity contribution in [2.75, 3.05) is 5.73 Å². The van der Waals surface area contributed by atoms with Crippen LogP contribution in [-0.2, 0) is 0 Å². The van der Waals surface area contributed by atoms with Crippen LogP contribution in [0, 0.1) is 13.8 Å². The smallest absolute Gasteiger partial charge is 0.156 e. The summed E-state index contributed by atoms with van der Waals surface area (Å²) in [5.74, 6) is 1.18. The van der Waals surface area contributed by atoms with Crippen LogP contribution in [0.1, 0.15) is 11.5 Å². The molecule has 2 rings (SSSR count). The molecule has 0 atom stereocenters. The predicted octanol–water partition coefficient (Wildman–Crippen LogP) is 2.28. The Morgan fingerprint density at radius 1 is 1.27 bits per heavy atom. The van der Waals surface area contributed by atoms with E-state index >= 15 is 0 Å². The van der Waals surface area contributed by atoms with Gasteiger partial charge in [-0.2, -0.15) is 0 Å². The third-order valence-electron chi connectivity index (χ3n) is 1.62. The van der Waals surface area contributed by atoms with Crippen molar-refractivity contribution >= 4 is 28.9 Å². The second-order valence-electron chi connectivity index (χ2n) is 3.04. The van der Waals surface area contributed by atoms with E-state index < -0.39 is 0 Å². The fourth-order valence-electron chi connectivity index (χ4n) is 1.08. The highest BCUT2D eigenvalue weighted by Gasteiger charge is 2.04. The summed E-state index contributed by atoms with van der Waals surface area (Å²) in [7, 11) is 0. The molecular weight excluding hydrogens is 228 g/mol. The largest absolute Gasteiger partial charge is 0.384 e. The van der Waals surface area contributed by atoms with Gasteiger partial charge in [-0.1, -0.05) is 0 Å². The first-order valence-corrected chi connectivity index (χ1v) is 6.04. The van der Waals surface area contributed by atoms with Crippen molar-refractivity contribution in [2.24, 2.45) is 0 Å². The fraction of sp³-hybridized carbons (Fsp3) is 0.222. The van der Waals surface area contributed by atoms with Gasteiger partial charge in [0, 0.05) is 17.1 Å². The molecule has 78 valence electrons. The zero-order valence-corrected chi connectivity index (χ0v) is 10.0. The van der Waals surface area contributed by atoms with Crippen LogP contribution in [0.4, 0.5) is 5.82 Å². The van der Waals surface area contributed by atoms with E-state index in [2.05, 4.69) is 15.0 Å². The molecule has 2 aromatic rings. The molecule has 0 aliphatic carbocycles. The zero-order valence-electron chi connectivity index (χ0n) is 8.39. The standard InChI is InChI=1S/C9H10N4S2/c1-5-4-14-9(11-5)15-8-3-7(10)12-6(2)13-8/h3-4H,1-2H3,(H2,10,12,13). The number of anilines is 1. The Labute approximate surface area is 96.0 Å². The molecule has 0 radical (unpaired) electrons. The van der Waals surface area contributed by atoms with E-state index in [0.717, 1.165) is 15.1 Å². The molecule has 0 spiro atoms. The lowest BCUT2D eigenvalue weighted by molar-refractivity contribution is 0.973. The second-order valence-corrected chi connectivity index (χ2v) is 5.16. The van der Waals surface area contributed by atoms with Crippen molar-refractivity contribution in [1.29, 1.82) is 0 Å².